The first kappa shape index (κ1) is 33.1. The monoisotopic (exact) mass is 631 g/mol. The number of unbranched alkanes of at least 4 members (excludes halogenated alkanes) is 4. The highest BCUT2D eigenvalue weighted by atomic mass is 16.2. The molecule has 12 nitrogen and oxygen atoms in total. The van der Waals surface area contributed by atoms with Gasteiger partial charge >= 0.3 is 0 Å². The molecule has 5 rings (SSSR count). The Morgan fingerprint density at radius 2 is 1.63 bits per heavy atom. The van der Waals surface area contributed by atoms with Crippen molar-refractivity contribution in [3.05, 3.63) is 59.2 Å². The maximum absolute atomic E-state index is 13.3. The number of rotatable bonds is 15. The zero-order valence-corrected chi connectivity index (χ0v) is 26.6. The Balaban J connectivity index is 1.01. The highest BCUT2D eigenvalue weighted by Gasteiger charge is 2.45. The standard InChI is InChI=1S/C34H45N7O5/c1-2-3-4-5-18-36-38-31(43)24-11-13-25(14-12-24)40-22-20-39(21-23-40)19-7-6-17-35-27-10-8-9-26-30(27)34(46)41(33(26)45)28-15-16-29(42)37-32(28)44/h8-14,28,35-36H,2-7,15-23H2,1H3,(H,38,43)(H,37,42,44). The molecule has 246 valence electrons. The van der Waals surface area contributed by atoms with Crippen molar-refractivity contribution < 1.29 is 24.0 Å². The topological polar surface area (TPSA) is 143 Å². The van der Waals surface area contributed by atoms with Gasteiger partial charge in [-0.25, -0.2) is 5.43 Å². The molecule has 4 N–H and O–H groups in total. The molecule has 0 aliphatic carbocycles. The van der Waals surface area contributed by atoms with Crippen LogP contribution in [0.2, 0.25) is 0 Å². The van der Waals surface area contributed by atoms with E-state index in [-0.39, 0.29) is 29.9 Å². The fourth-order valence-electron chi connectivity index (χ4n) is 6.25. The van der Waals surface area contributed by atoms with Crippen LogP contribution in [0.4, 0.5) is 11.4 Å². The first-order valence-corrected chi connectivity index (χ1v) is 16.6. The molecule has 0 spiro atoms. The third-order valence-electron chi connectivity index (χ3n) is 8.91. The van der Waals surface area contributed by atoms with Crippen molar-refractivity contribution in [3.8, 4) is 0 Å². The van der Waals surface area contributed by atoms with E-state index < -0.39 is 29.7 Å². The minimum absolute atomic E-state index is 0.0919. The molecule has 2 aromatic rings. The van der Waals surface area contributed by atoms with E-state index >= 15 is 0 Å². The lowest BCUT2D eigenvalue weighted by Gasteiger charge is -2.36. The lowest BCUT2D eigenvalue weighted by Crippen LogP contribution is -2.54. The molecule has 0 radical (unpaired) electrons. The van der Waals surface area contributed by atoms with Crippen LogP contribution in [-0.4, -0.2) is 91.2 Å². The Kier molecular flexibility index (Phi) is 11.4. The third-order valence-corrected chi connectivity index (χ3v) is 8.91. The lowest BCUT2D eigenvalue weighted by molar-refractivity contribution is -0.136. The number of amides is 5. The summed E-state index contributed by atoms with van der Waals surface area (Å²) in [4.78, 5) is 68.4. The number of piperazine rings is 1. The fraction of sp³-hybridized carbons (Fsp3) is 0.500. The highest BCUT2D eigenvalue weighted by Crippen LogP contribution is 2.32. The molecule has 2 saturated heterocycles. The van der Waals surface area contributed by atoms with Crippen LogP contribution in [0, 0.1) is 0 Å². The summed E-state index contributed by atoms with van der Waals surface area (Å²) in [6.45, 7) is 8.30. The molecule has 3 heterocycles. The summed E-state index contributed by atoms with van der Waals surface area (Å²) in [5.74, 6) is -2.12. The van der Waals surface area contributed by atoms with Crippen LogP contribution in [0.3, 0.4) is 0 Å². The minimum Gasteiger partial charge on any atom is -0.384 e. The molecule has 0 aromatic heterocycles. The smallest absolute Gasteiger partial charge is 0.265 e. The lowest BCUT2D eigenvalue weighted by atomic mass is 10.0. The van der Waals surface area contributed by atoms with Gasteiger partial charge in [-0.3, -0.25) is 44.5 Å². The number of anilines is 2. The minimum atomic E-state index is -0.975. The van der Waals surface area contributed by atoms with Crippen molar-refractivity contribution in [2.24, 2.45) is 0 Å². The van der Waals surface area contributed by atoms with Crippen LogP contribution >= 0.6 is 0 Å². The number of piperidine rings is 1. The van der Waals surface area contributed by atoms with Crippen molar-refractivity contribution in [3.63, 3.8) is 0 Å². The molecular weight excluding hydrogens is 586 g/mol. The van der Waals surface area contributed by atoms with E-state index in [9.17, 15) is 24.0 Å². The van der Waals surface area contributed by atoms with E-state index in [4.69, 9.17) is 0 Å². The highest BCUT2D eigenvalue weighted by molar-refractivity contribution is 6.25. The third kappa shape index (κ3) is 7.91. The van der Waals surface area contributed by atoms with Gasteiger partial charge in [-0.2, -0.15) is 0 Å². The van der Waals surface area contributed by atoms with Gasteiger partial charge < -0.3 is 10.2 Å². The van der Waals surface area contributed by atoms with Gasteiger partial charge in [-0.15, -0.1) is 0 Å². The Bertz CT molecular complexity index is 1420. The molecule has 0 saturated carbocycles. The van der Waals surface area contributed by atoms with E-state index in [2.05, 4.69) is 38.2 Å². The van der Waals surface area contributed by atoms with Gasteiger partial charge in [0.25, 0.3) is 17.7 Å². The van der Waals surface area contributed by atoms with Crippen molar-refractivity contribution >= 4 is 40.9 Å². The maximum Gasteiger partial charge on any atom is 0.265 e. The summed E-state index contributed by atoms with van der Waals surface area (Å²) < 4.78 is 0. The normalized spacial score (nSPS) is 18.5. The number of nitrogens with one attached hydrogen (secondary N) is 4. The molecule has 2 aromatic carbocycles. The second kappa shape index (κ2) is 15.8. The quantitative estimate of drug-likeness (QED) is 0.133. The Morgan fingerprint density at radius 3 is 2.37 bits per heavy atom. The summed E-state index contributed by atoms with van der Waals surface area (Å²) >= 11 is 0. The van der Waals surface area contributed by atoms with Crippen LogP contribution in [0.25, 0.3) is 0 Å². The number of nitrogens with zero attached hydrogens (tertiary/aromatic N) is 3. The molecular formula is C34H45N7O5. The van der Waals surface area contributed by atoms with Crippen molar-refractivity contribution in [1.29, 1.82) is 0 Å². The molecule has 0 bridgehead atoms. The second-order valence-corrected chi connectivity index (χ2v) is 12.1. The summed E-state index contributed by atoms with van der Waals surface area (Å²) in [6.07, 6.45) is 6.71. The van der Waals surface area contributed by atoms with E-state index in [1.165, 1.54) is 12.8 Å². The number of carbonyl (C=O) groups is 5. The second-order valence-electron chi connectivity index (χ2n) is 12.1. The summed E-state index contributed by atoms with van der Waals surface area (Å²) in [6, 6.07) is 11.9. The van der Waals surface area contributed by atoms with Crippen LogP contribution in [0.1, 0.15) is 89.4 Å². The van der Waals surface area contributed by atoms with Gasteiger partial charge in [0.1, 0.15) is 6.04 Å². The van der Waals surface area contributed by atoms with Crippen LogP contribution in [-0.2, 0) is 9.59 Å². The Hall–Kier alpha value is -4.29. The van der Waals surface area contributed by atoms with Gasteiger partial charge in [0.15, 0.2) is 0 Å². The molecule has 3 aliphatic rings. The molecule has 1 atom stereocenters. The van der Waals surface area contributed by atoms with Gasteiger partial charge in [0.2, 0.25) is 11.8 Å². The number of benzene rings is 2. The predicted octanol–water partition coefficient (Wildman–Crippen LogP) is 2.92. The number of carbonyl (C=O) groups excluding carboxylic acids is 5. The summed E-state index contributed by atoms with van der Waals surface area (Å²) in [7, 11) is 0. The summed E-state index contributed by atoms with van der Waals surface area (Å²) in [5, 5.41) is 5.55. The van der Waals surface area contributed by atoms with E-state index in [0.29, 0.717) is 17.8 Å². The van der Waals surface area contributed by atoms with E-state index in [1.807, 2.05) is 24.3 Å². The maximum atomic E-state index is 13.3. The van der Waals surface area contributed by atoms with Gasteiger partial charge in [0, 0.05) is 62.6 Å². The summed E-state index contributed by atoms with van der Waals surface area (Å²) in [5.41, 5.74) is 8.71. The van der Waals surface area contributed by atoms with Crippen molar-refractivity contribution in [2.75, 3.05) is 56.0 Å². The first-order chi connectivity index (χ1) is 22.4. The number of hydrogen-bond acceptors (Lipinski definition) is 9. The van der Waals surface area contributed by atoms with E-state index in [1.54, 1.807) is 18.2 Å². The molecule has 5 amide bonds. The molecule has 3 aliphatic heterocycles. The zero-order chi connectivity index (χ0) is 32.5. The number of fused-ring (bicyclic) bond motifs is 1. The molecule has 1 unspecified atom stereocenters. The van der Waals surface area contributed by atoms with E-state index in [0.717, 1.165) is 75.5 Å². The SMILES string of the molecule is CCCCCCNNC(=O)c1ccc(N2CCN(CCCCNc3cccc4c3C(=O)N(C3CCC(=O)NC3=O)C4=O)CC2)cc1. The number of imide groups is 2. The van der Waals surface area contributed by atoms with Gasteiger partial charge in [-0.05, 0) is 68.6 Å². The zero-order valence-electron chi connectivity index (χ0n) is 26.6. The molecule has 46 heavy (non-hydrogen) atoms. The first-order valence-electron chi connectivity index (χ1n) is 16.6. The van der Waals surface area contributed by atoms with Crippen LogP contribution in [0.15, 0.2) is 42.5 Å². The Morgan fingerprint density at radius 1 is 0.870 bits per heavy atom. The predicted molar refractivity (Wildman–Crippen MR) is 176 cm³/mol. The number of hydrogen-bond donors (Lipinski definition) is 4. The van der Waals surface area contributed by atoms with Crippen molar-refractivity contribution in [2.45, 2.75) is 64.3 Å². The Labute approximate surface area is 270 Å². The van der Waals surface area contributed by atoms with Gasteiger partial charge in [-0.1, -0.05) is 32.3 Å². The average Bonchev–Trinajstić information content (AvgIpc) is 3.32. The van der Waals surface area contributed by atoms with Gasteiger partial charge in [0.05, 0.1) is 11.1 Å². The average molecular weight is 632 g/mol. The largest absolute Gasteiger partial charge is 0.384 e. The van der Waals surface area contributed by atoms with Crippen LogP contribution < -0.4 is 26.4 Å². The molecule has 12 heteroatoms. The number of hydrazine groups is 1. The van der Waals surface area contributed by atoms with Crippen molar-refractivity contribution in [1.82, 2.24) is 26.0 Å². The molecule has 2 fully saturated rings. The fourth-order valence-corrected chi connectivity index (χ4v) is 6.25. The van der Waals surface area contributed by atoms with Crippen LogP contribution in [0.5, 0.6) is 0 Å².